The number of benzene rings is 1. The second-order valence-electron chi connectivity index (χ2n) is 4.22. The van der Waals surface area contributed by atoms with Gasteiger partial charge in [0.25, 0.3) is 15.6 Å². The highest BCUT2D eigenvalue weighted by molar-refractivity contribution is 9.11. The monoisotopic (exact) mass is 515 g/mol. The van der Waals surface area contributed by atoms with Crippen molar-refractivity contribution in [3.8, 4) is 0 Å². The van der Waals surface area contributed by atoms with Gasteiger partial charge < -0.3 is 4.57 Å². The van der Waals surface area contributed by atoms with Crippen LogP contribution in [0.2, 0.25) is 0 Å². The fraction of sp³-hybridized carbons (Fsp3) is 0.0909. The first-order valence-corrected chi connectivity index (χ1v) is 9.45. The minimum Gasteiger partial charge on any atom is -0.302 e. The number of nitrogens with one attached hydrogen (secondary N) is 2. The molecule has 0 unspecified atom stereocenters. The van der Waals surface area contributed by atoms with E-state index in [1.165, 1.54) is 7.05 Å². The van der Waals surface area contributed by atoms with Crippen molar-refractivity contribution < 1.29 is 8.42 Å². The summed E-state index contributed by atoms with van der Waals surface area (Å²) in [7, 11) is -2.65. The molecule has 7 nitrogen and oxygen atoms in total. The molecule has 0 saturated carbocycles. The topological polar surface area (TPSA) is 101 Å². The average Bonchev–Trinajstić information content (AvgIpc) is 2.33. The molecular formula is C11H8Br3N3O4S. The third kappa shape index (κ3) is 3.53. The molecule has 2 N–H and O–H groups in total. The maximum atomic E-state index is 12.5. The minimum absolute atomic E-state index is 0.0658. The molecule has 2 aromatic rings. The molecular weight excluding hydrogens is 510 g/mol. The van der Waals surface area contributed by atoms with Gasteiger partial charge in [0.2, 0.25) is 0 Å². The van der Waals surface area contributed by atoms with Crippen LogP contribution >= 0.6 is 47.8 Å². The second-order valence-corrected chi connectivity index (χ2v) is 8.46. The molecule has 0 amide bonds. The van der Waals surface area contributed by atoms with E-state index in [9.17, 15) is 18.0 Å². The van der Waals surface area contributed by atoms with Crippen molar-refractivity contribution in [2.75, 3.05) is 4.72 Å². The third-order valence-electron chi connectivity index (χ3n) is 2.58. The van der Waals surface area contributed by atoms with Crippen molar-refractivity contribution in [1.82, 2.24) is 9.55 Å². The van der Waals surface area contributed by atoms with Crippen molar-refractivity contribution in [2.24, 2.45) is 7.05 Å². The molecule has 0 atom stereocenters. The molecule has 0 aliphatic heterocycles. The van der Waals surface area contributed by atoms with Gasteiger partial charge in [0, 0.05) is 26.7 Å². The van der Waals surface area contributed by atoms with E-state index in [0.29, 0.717) is 13.4 Å². The Hall–Kier alpha value is -0.910. The molecule has 1 aromatic carbocycles. The summed E-state index contributed by atoms with van der Waals surface area (Å²) in [5, 5.41) is 0. The predicted octanol–water partition coefficient (Wildman–Crippen LogP) is 2.16. The van der Waals surface area contributed by atoms with Crippen molar-refractivity contribution in [2.45, 2.75) is 4.90 Å². The number of sulfonamides is 1. The van der Waals surface area contributed by atoms with Gasteiger partial charge in [-0.1, -0.05) is 15.9 Å². The molecule has 0 spiro atoms. The Balaban J connectivity index is 2.57. The SMILES string of the molecule is Cn1cc(NS(=O)(=O)c2c(Br)cc(Br)cc2Br)c(=O)[nH]c1=O. The third-order valence-corrected chi connectivity index (χ3v) is 6.28. The zero-order valence-corrected chi connectivity index (χ0v) is 16.4. The van der Waals surface area contributed by atoms with Gasteiger partial charge in [-0.2, -0.15) is 0 Å². The lowest BCUT2D eigenvalue weighted by Gasteiger charge is -2.11. The van der Waals surface area contributed by atoms with Gasteiger partial charge in [0.05, 0.1) is 0 Å². The first-order chi connectivity index (χ1) is 10.1. The molecule has 0 aliphatic carbocycles. The van der Waals surface area contributed by atoms with Crippen LogP contribution in [0.4, 0.5) is 5.69 Å². The van der Waals surface area contributed by atoms with Gasteiger partial charge in [-0.3, -0.25) is 14.5 Å². The van der Waals surface area contributed by atoms with E-state index in [0.717, 1.165) is 10.8 Å². The maximum Gasteiger partial charge on any atom is 0.328 e. The summed E-state index contributed by atoms with van der Waals surface area (Å²) < 4.78 is 29.5. The van der Waals surface area contributed by atoms with Gasteiger partial charge in [-0.25, -0.2) is 13.2 Å². The lowest BCUT2D eigenvalue weighted by molar-refractivity contribution is 0.600. The van der Waals surface area contributed by atoms with Crippen LogP contribution in [0.25, 0.3) is 0 Å². The molecule has 0 bridgehead atoms. The summed E-state index contributed by atoms with van der Waals surface area (Å²) in [6.07, 6.45) is 1.11. The van der Waals surface area contributed by atoms with Gasteiger partial charge in [-0.05, 0) is 44.0 Å². The smallest absolute Gasteiger partial charge is 0.302 e. The Morgan fingerprint density at radius 1 is 1.14 bits per heavy atom. The number of nitrogens with zero attached hydrogens (tertiary/aromatic N) is 1. The zero-order chi connectivity index (χ0) is 16.7. The van der Waals surface area contributed by atoms with Crippen molar-refractivity contribution in [1.29, 1.82) is 0 Å². The molecule has 118 valence electrons. The van der Waals surface area contributed by atoms with Crippen molar-refractivity contribution >= 4 is 63.5 Å². The summed E-state index contributed by atoms with van der Waals surface area (Å²) in [6, 6.07) is 3.12. The fourth-order valence-electron chi connectivity index (χ4n) is 1.62. The zero-order valence-electron chi connectivity index (χ0n) is 10.9. The minimum atomic E-state index is -4.04. The number of hydrogen-bond donors (Lipinski definition) is 2. The van der Waals surface area contributed by atoms with E-state index in [2.05, 4.69) is 52.5 Å². The van der Waals surface area contributed by atoms with E-state index >= 15 is 0 Å². The molecule has 1 aromatic heterocycles. The highest BCUT2D eigenvalue weighted by Gasteiger charge is 2.23. The molecule has 2 rings (SSSR count). The highest BCUT2D eigenvalue weighted by Crippen LogP contribution is 2.34. The fourth-order valence-corrected chi connectivity index (χ4v) is 6.32. The summed E-state index contributed by atoms with van der Waals surface area (Å²) in [5.41, 5.74) is -1.72. The van der Waals surface area contributed by atoms with Gasteiger partial charge in [-0.15, -0.1) is 0 Å². The summed E-state index contributed by atoms with van der Waals surface area (Å²) >= 11 is 9.58. The van der Waals surface area contributed by atoms with E-state index in [1.54, 1.807) is 12.1 Å². The normalized spacial score (nSPS) is 11.5. The number of anilines is 1. The lowest BCUT2D eigenvalue weighted by atomic mass is 10.4. The van der Waals surface area contributed by atoms with Gasteiger partial charge >= 0.3 is 5.69 Å². The number of aryl methyl sites for hydroxylation is 1. The number of halogens is 3. The number of rotatable bonds is 3. The maximum absolute atomic E-state index is 12.5. The number of hydrogen-bond acceptors (Lipinski definition) is 4. The van der Waals surface area contributed by atoms with Crippen LogP contribution in [0.15, 0.2) is 46.2 Å². The van der Waals surface area contributed by atoms with E-state index in [4.69, 9.17) is 0 Å². The Labute approximate surface area is 150 Å². The summed E-state index contributed by atoms with van der Waals surface area (Å²) in [5.74, 6) is 0. The Morgan fingerprint density at radius 2 is 1.68 bits per heavy atom. The number of aromatic nitrogens is 2. The van der Waals surface area contributed by atoms with Crippen molar-refractivity contribution in [3.63, 3.8) is 0 Å². The quantitative estimate of drug-likeness (QED) is 0.651. The Kier molecular flexibility index (Phi) is 5.00. The molecule has 1 heterocycles. The number of H-pyrrole nitrogens is 1. The highest BCUT2D eigenvalue weighted by atomic mass is 79.9. The molecule has 11 heteroatoms. The summed E-state index contributed by atoms with van der Waals surface area (Å²) in [6.45, 7) is 0. The molecule has 0 aliphatic rings. The van der Waals surface area contributed by atoms with E-state index in [1.807, 2.05) is 4.98 Å². The van der Waals surface area contributed by atoms with Crippen LogP contribution in [-0.2, 0) is 17.1 Å². The standard InChI is InChI=1S/C11H8Br3N3O4S/c1-17-4-8(10(18)15-11(17)19)16-22(20,21)9-6(13)2-5(12)3-7(9)14/h2-4,16H,1H3,(H,15,18,19). The van der Waals surface area contributed by atoms with E-state index in [-0.39, 0.29) is 10.6 Å². The Morgan fingerprint density at radius 3 is 2.23 bits per heavy atom. The molecule has 0 fully saturated rings. The largest absolute Gasteiger partial charge is 0.328 e. The van der Waals surface area contributed by atoms with Gasteiger partial charge in [0.15, 0.2) is 0 Å². The first-order valence-electron chi connectivity index (χ1n) is 5.59. The Bertz CT molecular complexity index is 942. The number of aromatic amines is 1. The molecule has 0 saturated heterocycles. The van der Waals surface area contributed by atoms with Crippen molar-refractivity contribution in [3.05, 3.63) is 52.6 Å². The average molecular weight is 518 g/mol. The predicted molar refractivity (Wildman–Crippen MR) is 92.7 cm³/mol. The summed E-state index contributed by atoms with van der Waals surface area (Å²) in [4.78, 5) is 24.9. The van der Waals surface area contributed by atoms with Crippen LogP contribution in [0.3, 0.4) is 0 Å². The molecule has 0 radical (unpaired) electrons. The van der Waals surface area contributed by atoms with Crippen LogP contribution in [0.5, 0.6) is 0 Å². The van der Waals surface area contributed by atoms with Crippen LogP contribution in [-0.4, -0.2) is 18.0 Å². The van der Waals surface area contributed by atoms with Crippen LogP contribution in [0, 0.1) is 0 Å². The van der Waals surface area contributed by atoms with Gasteiger partial charge in [0.1, 0.15) is 10.6 Å². The first kappa shape index (κ1) is 17.4. The molecule has 22 heavy (non-hydrogen) atoms. The van der Waals surface area contributed by atoms with Crippen LogP contribution < -0.4 is 16.0 Å². The second kappa shape index (κ2) is 6.30. The van der Waals surface area contributed by atoms with E-state index < -0.39 is 21.3 Å². The van der Waals surface area contributed by atoms with Crippen LogP contribution in [0.1, 0.15) is 0 Å². The lowest BCUT2D eigenvalue weighted by Crippen LogP contribution is -2.31.